The fourth-order valence-electron chi connectivity index (χ4n) is 1.80. The predicted octanol–water partition coefficient (Wildman–Crippen LogP) is 2.12. The Labute approximate surface area is 141 Å². The van der Waals surface area contributed by atoms with Gasteiger partial charge in [-0.25, -0.2) is 4.79 Å². The van der Waals surface area contributed by atoms with Gasteiger partial charge in [0.25, 0.3) is 0 Å². The number of methoxy groups -OCH3 is 1. The minimum absolute atomic E-state index is 0.0812. The van der Waals surface area contributed by atoms with Crippen LogP contribution in [0, 0.1) is 0 Å². The summed E-state index contributed by atoms with van der Waals surface area (Å²) < 4.78 is 15.2. The number of benzene rings is 1. The van der Waals surface area contributed by atoms with Crippen molar-refractivity contribution in [2.24, 2.45) is 0 Å². The number of esters is 1. The maximum absolute atomic E-state index is 11.5. The molecular formula is C17H23NO6. The van der Waals surface area contributed by atoms with E-state index in [0.29, 0.717) is 23.2 Å². The Bertz CT molecular complexity index is 591. The summed E-state index contributed by atoms with van der Waals surface area (Å²) in [5, 5.41) is 2.56. The maximum atomic E-state index is 11.5. The highest BCUT2D eigenvalue weighted by Crippen LogP contribution is 2.19. The zero-order valence-electron chi connectivity index (χ0n) is 14.4. The first kappa shape index (κ1) is 19.5. The largest absolute Gasteiger partial charge is 0.491 e. The van der Waals surface area contributed by atoms with Crippen LogP contribution in [0.3, 0.4) is 0 Å². The third-order valence-corrected chi connectivity index (χ3v) is 2.81. The van der Waals surface area contributed by atoms with Gasteiger partial charge in [0.1, 0.15) is 18.0 Å². The molecule has 1 amide bonds. The molecule has 0 spiro atoms. The van der Waals surface area contributed by atoms with E-state index in [4.69, 9.17) is 9.47 Å². The molecule has 0 unspecified atom stereocenters. The van der Waals surface area contributed by atoms with E-state index in [-0.39, 0.29) is 25.5 Å². The number of alkyl carbamates (subject to hydrolysis) is 1. The van der Waals surface area contributed by atoms with E-state index in [1.165, 1.54) is 7.11 Å². The minimum Gasteiger partial charge on any atom is -0.491 e. The fraction of sp³-hybridized carbons (Fsp3) is 0.471. The summed E-state index contributed by atoms with van der Waals surface area (Å²) in [6.07, 6.45) is 0.199. The number of nitrogens with one attached hydrogen (secondary N) is 1. The zero-order chi connectivity index (χ0) is 18.2. The topological polar surface area (TPSA) is 90.9 Å². The van der Waals surface area contributed by atoms with Gasteiger partial charge in [-0.05, 0) is 38.5 Å². The van der Waals surface area contributed by atoms with Crippen LogP contribution in [-0.4, -0.2) is 44.2 Å². The van der Waals surface area contributed by atoms with Gasteiger partial charge in [-0.3, -0.25) is 9.59 Å². The van der Waals surface area contributed by atoms with E-state index in [1.54, 1.807) is 39.0 Å². The molecule has 7 nitrogen and oxygen atoms in total. The lowest BCUT2D eigenvalue weighted by Crippen LogP contribution is -2.34. The van der Waals surface area contributed by atoms with E-state index in [0.717, 1.165) is 0 Å². The molecule has 0 bridgehead atoms. The number of ether oxygens (including phenoxy) is 3. The van der Waals surface area contributed by atoms with Gasteiger partial charge in [-0.15, -0.1) is 0 Å². The highest BCUT2D eigenvalue weighted by molar-refractivity contribution is 5.81. The summed E-state index contributed by atoms with van der Waals surface area (Å²) in [6.45, 7) is 5.73. The molecule has 0 aliphatic carbocycles. The predicted molar refractivity (Wildman–Crippen MR) is 87.3 cm³/mol. The van der Waals surface area contributed by atoms with Gasteiger partial charge in [-0.2, -0.15) is 0 Å². The molecule has 0 atom stereocenters. The van der Waals surface area contributed by atoms with Crippen LogP contribution in [-0.2, 0) is 20.7 Å². The highest BCUT2D eigenvalue weighted by Gasteiger charge is 2.15. The monoisotopic (exact) mass is 337 g/mol. The normalized spacial score (nSPS) is 10.7. The lowest BCUT2D eigenvalue weighted by Gasteiger charge is -2.19. The smallest absolute Gasteiger partial charge is 0.407 e. The number of hydrogen-bond acceptors (Lipinski definition) is 6. The van der Waals surface area contributed by atoms with Crippen LogP contribution in [0.5, 0.6) is 5.75 Å². The number of rotatable bonds is 7. The van der Waals surface area contributed by atoms with Gasteiger partial charge >= 0.3 is 12.1 Å². The van der Waals surface area contributed by atoms with E-state index >= 15 is 0 Å². The van der Waals surface area contributed by atoms with E-state index in [2.05, 4.69) is 10.1 Å². The molecule has 132 valence electrons. The van der Waals surface area contributed by atoms with Crippen molar-refractivity contribution < 1.29 is 28.6 Å². The number of carbonyl (C=O) groups is 3. The van der Waals surface area contributed by atoms with Gasteiger partial charge < -0.3 is 19.5 Å². The summed E-state index contributed by atoms with van der Waals surface area (Å²) >= 11 is 0. The van der Waals surface area contributed by atoms with E-state index in [9.17, 15) is 14.4 Å². The first-order chi connectivity index (χ1) is 11.2. The Hall–Kier alpha value is -2.57. The molecule has 0 saturated heterocycles. The van der Waals surface area contributed by atoms with Gasteiger partial charge in [0.15, 0.2) is 6.29 Å². The molecule has 1 N–H and O–H groups in total. The molecule has 0 fully saturated rings. The second kappa shape index (κ2) is 8.90. The quantitative estimate of drug-likeness (QED) is 0.465. The molecule has 0 heterocycles. The first-order valence-electron chi connectivity index (χ1n) is 7.49. The van der Waals surface area contributed by atoms with Crippen LogP contribution in [0.1, 0.15) is 36.7 Å². The van der Waals surface area contributed by atoms with E-state index < -0.39 is 11.7 Å². The average molecular weight is 337 g/mol. The van der Waals surface area contributed by atoms with Crippen molar-refractivity contribution in [2.75, 3.05) is 20.3 Å². The number of hydrogen-bond donors (Lipinski definition) is 1. The molecular weight excluding hydrogens is 314 g/mol. The number of carbonyl (C=O) groups excluding carboxylic acids is 3. The van der Waals surface area contributed by atoms with Gasteiger partial charge in [0.05, 0.1) is 25.6 Å². The third kappa shape index (κ3) is 7.13. The molecule has 7 heteroatoms. The highest BCUT2D eigenvalue weighted by atomic mass is 16.6. The molecule has 0 saturated carbocycles. The molecule has 1 aromatic carbocycles. The lowest BCUT2D eigenvalue weighted by molar-refractivity contribution is -0.139. The first-order valence-corrected chi connectivity index (χ1v) is 7.49. The van der Waals surface area contributed by atoms with Crippen molar-refractivity contribution in [3.05, 3.63) is 29.3 Å². The average Bonchev–Trinajstić information content (AvgIpc) is 2.50. The summed E-state index contributed by atoms with van der Waals surface area (Å²) in [7, 11) is 1.30. The summed E-state index contributed by atoms with van der Waals surface area (Å²) in [5.41, 5.74) is 0.419. The van der Waals surface area contributed by atoms with Crippen LogP contribution < -0.4 is 10.1 Å². The number of amides is 1. The van der Waals surface area contributed by atoms with Gasteiger partial charge in [-0.1, -0.05) is 6.07 Å². The van der Waals surface area contributed by atoms with Crippen molar-refractivity contribution in [1.29, 1.82) is 0 Å². The van der Waals surface area contributed by atoms with Crippen LogP contribution >= 0.6 is 0 Å². The van der Waals surface area contributed by atoms with Crippen LogP contribution in [0.4, 0.5) is 4.79 Å². The van der Waals surface area contributed by atoms with Crippen LogP contribution in [0.2, 0.25) is 0 Å². The van der Waals surface area contributed by atoms with Crippen LogP contribution in [0.15, 0.2) is 18.2 Å². The van der Waals surface area contributed by atoms with Crippen molar-refractivity contribution in [1.82, 2.24) is 5.32 Å². The van der Waals surface area contributed by atoms with Gasteiger partial charge in [0.2, 0.25) is 0 Å². The molecule has 1 rings (SSSR count). The maximum Gasteiger partial charge on any atom is 0.407 e. The molecule has 0 aliphatic heterocycles. The summed E-state index contributed by atoms with van der Waals surface area (Å²) in [5.74, 6) is -0.00770. The van der Waals surface area contributed by atoms with Crippen molar-refractivity contribution >= 4 is 18.3 Å². The molecule has 0 aliphatic rings. The summed E-state index contributed by atoms with van der Waals surface area (Å²) in [4.78, 5) is 33.9. The Balaban J connectivity index is 2.52. The van der Waals surface area contributed by atoms with E-state index in [1.807, 2.05) is 0 Å². The molecule has 0 aromatic heterocycles. The molecule has 0 radical (unpaired) electrons. The van der Waals surface area contributed by atoms with Crippen LogP contribution in [0.25, 0.3) is 0 Å². The van der Waals surface area contributed by atoms with Crippen molar-refractivity contribution in [3.8, 4) is 5.75 Å². The Morgan fingerprint density at radius 3 is 2.54 bits per heavy atom. The Morgan fingerprint density at radius 2 is 1.96 bits per heavy atom. The van der Waals surface area contributed by atoms with Crippen molar-refractivity contribution in [3.63, 3.8) is 0 Å². The SMILES string of the molecule is COC(=O)Cc1ccc(OCCNC(=O)OC(C)(C)C)c(C=O)c1. The molecule has 24 heavy (non-hydrogen) atoms. The fourth-order valence-corrected chi connectivity index (χ4v) is 1.80. The van der Waals surface area contributed by atoms with Crippen molar-refractivity contribution in [2.45, 2.75) is 32.8 Å². The zero-order valence-corrected chi connectivity index (χ0v) is 14.4. The van der Waals surface area contributed by atoms with Gasteiger partial charge in [0, 0.05) is 0 Å². The third-order valence-electron chi connectivity index (χ3n) is 2.81. The molecule has 1 aromatic rings. The lowest BCUT2D eigenvalue weighted by atomic mass is 10.1. The standard InChI is InChI=1S/C17H23NO6/c1-17(2,3)24-16(21)18-7-8-23-14-6-5-12(9-13(14)11-19)10-15(20)22-4/h5-6,9,11H,7-8,10H2,1-4H3,(H,18,21). The summed E-state index contributed by atoms with van der Waals surface area (Å²) in [6, 6.07) is 4.86. The Kier molecular flexibility index (Phi) is 7.23. The minimum atomic E-state index is -0.564. The number of aldehydes is 1. The Morgan fingerprint density at radius 1 is 1.25 bits per heavy atom. The second-order valence-electron chi connectivity index (χ2n) is 6.02. The second-order valence-corrected chi connectivity index (χ2v) is 6.02.